The summed E-state index contributed by atoms with van der Waals surface area (Å²) < 4.78 is 11.0. The van der Waals surface area contributed by atoms with E-state index in [2.05, 4.69) is 30.6 Å². The molecule has 3 rings (SSSR count). The van der Waals surface area contributed by atoms with Gasteiger partial charge in [0, 0.05) is 17.2 Å². The summed E-state index contributed by atoms with van der Waals surface area (Å²) >= 11 is 0. The average molecular weight is 603 g/mol. The molecule has 3 atom stereocenters. The lowest BCUT2D eigenvalue weighted by atomic mass is 9.82. The fourth-order valence-corrected chi connectivity index (χ4v) is 4.61. The largest absolute Gasteiger partial charge is 0.492 e. The van der Waals surface area contributed by atoms with E-state index < -0.39 is 81.1 Å². The molecule has 0 aliphatic carbocycles. The molecular weight excluding hydrogens is 577 g/mol. The highest BCUT2D eigenvalue weighted by molar-refractivity contribution is 7.23. The summed E-state index contributed by atoms with van der Waals surface area (Å²) in [6.07, 6.45) is -1.04. The summed E-state index contributed by atoms with van der Waals surface area (Å²) in [5.74, 6) is -7.54. The van der Waals surface area contributed by atoms with Gasteiger partial charge < -0.3 is 41.9 Å². The number of fused-ring (bicyclic) bond motifs is 1. The molecule has 3 unspecified atom stereocenters. The number of nitrogens with two attached hydrogens (primary N) is 1. The average Bonchev–Trinajstić information content (AvgIpc) is 2.93. The Morgan fingerprint density at radius 1 is 1.02 bits per heavy atom. The number of nitrogens with zero attached hydrogens (tertiary/aromatic N) is 4. The Morgan fingerprint density at radius 3 is 2.31 bits per heavy atom. The number of nitrogen functional groups attached to an aromatic ring is 1. The van der Waals surface area contributed by atoms with Gasteiger partial charge in [-0.1, -0.05) is 0 Å². The third-order valence-corrected chi connectivity index (χ3v) is 6.87. The topological polar surface area (TPSA) is 288 Å². The molecule has 0 bridgehead atoms. The van der Waals surface area contributed by atoms with Crippen molar-refractivity contribution in [1.29, 1.82) is 0 Å². The number of aliphatic carboxylic acids is 3. The number of benzene rings is 1. The van der Waals surface area contributed by atoms with Gasteiger partial charge in [-0.2, -0.15) is 9.97 Å². The molecule has 17 nitrogen and oxygen atoms in total. The maximum atomic E-state index is 12.7. The summed E-state index contributed by atoms with van der Waals surface area (Å²) in [4.78, 5) is 63.2. The molecule has 0 aliphatic heterocycles. The zero-order chi connectivity index (χ0) is 31.0. The quantitative estimate of drug-likeness (QED) is 0.110. The second-order valence-electron chi connectivity index (χ2n) is 9.12. The van der Waals surface area contributed by atoms with Crippen LogP contribution in [0.25, 0.3) is 11.2 Å². The third kappa shape index (κ3) is 7.80. The Hall–Kier alpha value is -5.02. The Balaban J connectivity index is 1.64. The number of aromatic nitrogens is 4. The van der Waals surface area contributed by atoms with E-state index >= 15 is 0 Å². The highest BCUT2D eigenvalue weighted by atomic mass is 31.1. The minimum absolute atomic E-state index is 0.0652. The van der Waals surface area contributed by atoms with E-state index in [1.165, 1.54) is 18.3 Å². The minimum atomic E-state index is -2.68. The number of aromatic hydroxyl groups is 1. The molecule has 9 N–H and O–H groups in total. The van der Waals surface area contributed by atoms with Crippen LogP contribution in [-0.2, 0) is 25.5 Å². The summed E-state index contributed by atoms with van der Waals surface area (Å²) in [6, 6.07) is 4.36. The smallest absolute Gasteiger partial charge is 0.336 e. The lowest BCUT2D eigenvalue weighted by Crippen LogP contribution is -2.49. The first-order valence-electron chi connectivity index (χ1n) is 12.2. The first-order chi connectivity index (χ1) is 19.8. The highest BCUT2D eigenvalue weighted by Crippen LogP contribution is 2.30. The first kappa shape index (κ1) is 31.5. The van der Waals surface area contributed by atoms with Gasteiger partial charge in [0.15, 0.2) is 25.2 Å². The molecule has 18 heteroatoms. The van der Waals surface area contributed by atoms with Gasteiger partial charge in [0.1, 0.15) is 6.04 Å². The third-order valence-electron chi connectivity index (χ3n) is 6.26. The maximum Gasteiger partial charge on any atom is 0.336 e. The summed E-state index contributed by atoms with van der Waals surface area (Å²) in [5.41, 5.74) is 4.06. The van der Waals surface area contributed by atoms with Crippen LogP contribution < -0.4 is 16.4 Å². The molecule has 0 fully saturated rings. The van der Waals surface area contributed by atoms with E-state index in [4.69, 9.17) is 10.8 Å². The fraction of sp³-hybridized carbons (Fsp3) is 0.333. The van der Waals surface area contributed by atoms with Crippen molar-refractivity contribution in [2.45, 2.75) is 37.5 Å². The van der Waals surface area contributed by atoms with Crippen molar-refractivity contribution in [3.8, 4) is 5.88 Å². The van der Waals surface area contributed by atoms with Crippen molar-refractivity contribution < 1.29 is 49.3 Å². The van der Waals surface area contributed by atoms with Gasteiger partial charge in [-0.15, -0.1) is 0 Å². The van der Waals surface area contributed by atoms with E-state index in [9.17, 15) is 44.2 Å². The predicted molar refractivity (Wildman–Crippen MR) is 144 cm³/mol. The second kappa shape index (κ2) is 13.6. The molecular formula is C24H26N7O10P. The molecule has 2 heterocycles. The van der Waals surface area contributed by atoms with E-state index in [0.717, 1.165) is 0 Å². The van der Waals surface area contributed by atoms with Crippen molar-refractivity contribution in [3.05, 3.63) is 41.7 Å². The zero-order valence-electron chi connectivity index (χ0n) is 21.7. The van der Waals surface area contributed by atoms with Crippen LogP contribution in [0.5, 0.6) is 5.88 Å². The monoisotopic (exact) mass is 603 g/mol. The molecule has 42 heavy (non-hydrogen) atoms. The van der Waals surface area contributed by atoms with Crippen LogP contribution in [0.2, 0.25) is 0 Å². The Bertz CT molecular complexity index is 1510. The lowest BCUT2D eigenvalue weighted by Gasteiger charge is -2.30. The van der Waals surface area contributed by atoms with E-state index in [1.807, 2.05) is 0 Å². The molecule has 0 radical (unpaired) electrons. The number of anilines is 2. The SMILES string of the molecule is Nc1nc(O)c2nc(CNc3ccc(C(=O)NC(CCC(CC(=O)O)C(O)(CP=O)C(=O)O)C(=O)O)cc3)cnc2n1. The summed E-state index contributed by atoms with van der Waals surface area (Å²) in [6.45, 7) is 0.172. The molecule has 0 saturated carbocycles. The van der Waals surface area contributed by atoms with Gasteiger partial charge in [0.25, 0.3) is 5.91 Å². The summed E-state index contributed by atoms with van der Waals surface area (Å²) in [5, 5.41) is 53.9. The lowest BCUT2D eigenvalue weighted by molar-refractivity contribution is -0.164. The Morgan fingerprint density at radius 2 is 1.71 bits per heavy atom. The normalized spacial score (nSPS) is 14.0. The fourth-order valence-electron chi connectivity index (χ4n) is 4.02. The number of carboxylic acid groups (broad SMARTS) is 3. The number of rotatable bonds is 15. The summed E-state index contributed by atoms with van der Waals surface area (Å²) in [7, 11) is -0.744. The molecule has 1 amide bonds. The Kier molecular flexibility index (Phi) is 10.2. The number of carbonyl (C=O) groups excluding carboxylic acids is 1. The van der Waals surface area contributed by atoms with Gasteiger partial charge in [0.2, 0.25) is 11.8 Å². The number of hydrogen-bond donors (Lipinski definition) is 8. The van der Waals surface area contributed by atoms with Crippen molar-refractivity contribution in [2.24, 2.45) is 5.92 Å². The van der Waals surface area contributed by atoms with Crippen LogP contribution in [0.4, 0.5) is 11.6 Å². The van der Waals surface area contributed by atoms with E-state index in [1.54, 1.807) is 12.1 Å². The van der Waals surface area contributed by atoms with E-state index in [-0.39, 0.29) is 29.2 Å². The van der Waals surface area contributed by atoms with Crippen molar-refractivity contribution in [2.75, 3.05) is 17.2 Å². The molecule has 222 valence electrons. The molecule has 2 aromatic heterocycles. The Labute approximate surface area is 238 Å². The number of nitrogens with one attached hydrogen (secondary N) is 2. The van der Waals surface area contributed by atoms with Crippen molar-refractivity contribution in [1.82, 2.24) is 25.3 Å². The van der Waals surface area contributed by atoms with Gasteiger partial charge in [-0.05, 0) is 37.1 Å². The minimum Gasteiger partial charge on any atom is -0.492 e. The number of carboxylic acids is 3. The van der Waals surface area contributed by atoms with Crippen LogP contribution in [0, 0.1) is 5.92 Å². The standard InChI is InChI=1S/C24H26N7O10P/c25-23-30-18-17(20(35)31-23)28-14(9-27-18)8-26-13-4-1-11(2-5-13)19(34)29-15(21(36)37)6-3-12(7-16(32)33)24(40,10-42-41)22(38)39/h1-2,4-5,9,12,15,26,40H,3,6-8,10H2,(H,29,34)(H,32,33)(H,36,37)(H,38,39)(H3,25,27,30,31,35). The molecule has 0 spiro atoms. The van der Waals surface area contributed by atoms with Gasteiger partial charge >= 0.3 is 17.9 Å². The van der Waals surface area contributed by atoms with E-state index in [0.29, 0.717) is 11.4 Å². The highest BCUT2D eigenvalue weighted by Gasteiger charge is 2.45. The molecule has 0 aliphatic rings. The number of aliphatic hydroxyl groups is 1. The van der Waals surface area contributed by atoms with Gasteiger partial charge in [-0.3, -0.25) is 14.2 Å². The van der Waals surface area contributed by atoms with Crippen LogP contribution in [0.15, 0.2) is 30.5 Å². The zero-order valence-corrected chi connectivity index (χ0v) is 22.6. The number of hydrogen-bond acceptors (Lipinski definition) is 13. The van der Waals surface area contributed by atoms with Crippen LogP contribution in [0.1, 0.15) is 35.3 Å². The van der Waals surface area contributed by atoms with Crippen LogP contribution >= 0.6 is 8.46 Å². The van der Waals surface area contributed by atoms with Gasteiger partial charge in [-0.25, -0.2) is 19.6 Å². The maximum absolute atomic E-state index is 12.7. The molecule has 3 aromatic rings. The number of carbonyl (C=O) groups is 4. The van der Waals surface area contributed by atoms with Crippen molar-refractivity contribution in [3.63, 3.8) is 0 Å². The van der Waals surface area contributed by atoms with Gasteiger partial charge in [0.05, 0.1) is 31.0 Å². The van der Waals surface area contributed by atoms with Crippen molar-refractivity contribution >= 4 is 55.1 Å². The predicted octanol–water partition coefficient (Wildman–Crippen LogP) is 0.481. The first-order valence-corrected chi connectivity index (χ1v) is 13.2. The van der Waals surface area contributed by atoms with Crippen LogP contribution in [-0.4, -0.2) is 87.1 Å². The molecule has 1 aromatic carbocycles. The molecule has 0 saturated heterocycles. The second-order valence-corrected chi connectivity index (χ2v) is 9.70. The number of amides is 1. The van der Waals surface area contributed by atoms with Crippen LogP contribution in [0.3, 0.4) is 0 Å².